The molecule has 0 radical (unpaired) electrons. The molecule has 1 unspecified atom stereocenters. The number of hydrogen-bond acceptors (Lipinski definition) is 8. The lowest BCUT2D eigenvalue weighted by molar-refractivity contribution is -0.141. The predicted octanol–water partition coefficient (Wildman–Crippen LogP) is 7.58. The van der Waals surface area contributed by atoms with E-state index in [2.05, 4.69) is 20.9 Å². The largest absolute Gasteiger partial charge is 0.481 e. The van der Waals surface area contributed by atoms with Gasteiger partial charge in [-0.1, -0.05) is 67.4 Å². The quantitative estimate of drug-likeness (QED) is 0.166. The lowest BCUT2D eigenvalue weighted by atomic mass is 9.97. The molecule has 11 nitrogen and oxygen atoms in total. The fraction of sp³-hybridized carbons (Fsp3) is 0.375. The zero-order valence-electron chi connectivity index (χ0n) is 31.6. The Morgan fingerprint density at radius 3 is 2.23 bits per heavy atom. The third-order valence-corrected chi connectivity index (χ3v) is 11.1. The topological polar surface area (TPSA) is 132 Å². The maximum absolute atomic E-state index is 13.8. The molecule has 2 saturated heterocycles. The number of benzene rings is 2. The van der Waals surface area contributed by atoms with Crippen LogP contribution in [0.15, 0.2) is 58.1 Å². The van der Waals surface area contributed by atoms with Gasteiger partial charge >= 0.3 is 11.9 Å². The molecule has 2 aliphatic heterocycles. The van der Waals surface area contributed by atoms with Gasteiger partial charge in [-0.2, -0.15) is 13.2 Å². The van der Waals surface area contributed by atoms with Crippen LogP contribution in [0.25, 0.3) is 33.3 Å². The van der Waals surface area contributed by atoms with Gasteiger partial charge in [-0.05, 0) is 62.4 Å². The Balaban J connectivity index is 0.000000378. The minimum absolute atomic E-state index is 0.125. The molecule has 16 heteroatoms. The summed E-state index contributed by atoms with van der Waals surface area (Å²) in [6.45, 7) is 6.03. The summed E-state index contributed by atoms with van der Waals surface area (Å²) >= 11 is 13.8. The molecule has 0 bridgehead atoms. The summed E-state index contributed by atoms with van der Waals surface area (Å²) in [5.74, 6) is 0.383. The van der Waals surface area contributed by atoms with Crippen LogP contribution in [0.3, 0.4) is 0 Å². The number of rotatable bonds is 5. The fourth-order valence-electron chi connectivity index (χ4n) is 7.42. The van der Waals surface area contributed by atoms with Crippen molar-refractivity contribution in [1.82, 2.24) is 29.7 Å². The molecule has 8 rings (SSSR count). The first-order valence-corrected chi connectivity index (χ1v) is 19.1. The van der Waals surface area contributed by atoms with E-state index < -0.39 is 28.9 Å². The summed E-state index contributed by atoms with van der Waals surface area (Å²) in [7, 11) is 4.10. The van der Waals surface area contributed by atoms with Crippen LogP contribution in [-0.4, -0.2) is 50.7 Å². The zero-order valence-corrected chi connectivity index (χ0v) is 33.1. The number of carbonyl (C=O) groups excluding carboxylic acids is 1. The van der Waals surface area contributed by atoms with Gasteiger partial charge in [0.05, 0.1) is 39.6 Å². The molecule has 2 aromatic carbocycles. The molecule has 3 aliphatic rings. The molecule has 296 valence electrons. The van der Waals surface area contributed by atoms with E-state index in [1.165, 1.54) is 20.2 Å². The van der Waals surface area contributed by atoms with E-state index >= 15 is 0 Å². The number of aryl methyl sites for hydroxylation is 2. The number of anilines is 2. The number of alkyl halides is 3. The summed E-state index contributed by atoms with van der Waals surface area (Å²) in [5.41, 5.74) is 1.79. The second kappa shape index (κ2) is 16.3. The van der Waals surface area contributed by atoms with Crippen molar-refractivity contribution in [2.45, 2.75) is 64.1 Å². The lowest BCUT2D eigenvalue weighted by Crippen LogP contribution is -2.43. The molecule has 56 heavy (non-hydrogen) atoms. The minimum atomic E-state index is -4.85. The number of methoxy groups -OCH3 is 1. The van der Waals surface area contributed by atoms with Crippen molar-refractivity contribution in [3.8, 4) is 28.3 Å². The normalized spacial score (nSPS) is 17.2. The van der Waals surface area contributed by atoms with Crippen LogP contribution in [0.2, 0.25) is 10.0 Å². The SMILES string of the molecule is CC.COc1nc(-c2cccc(-c3cccc(Nc4nc(C(F)(F)F)cc5c4c(=O)n(C)c(=O)n5C)c3Cl)c2Cl)cc2c1CCC2.O=C1CCC2(CCNC2)N1. The van der Waals surface area contributed by atoms with Crippen LogP contribution in [0.1, 0.15) is 56.4 Å². The lowest BCUT2D eigenvalue weighted by Gasteiger charge is -2.20. The van der Waals surface area contributed by atoms with Crippen LogP contribution in [-0.2, 0) is 37.9 Å². The number of aromatic nitrogens is 4. The van der Waals surface area contributed by atoms with Crippen LogP contribution in [0, 0.1) is 0 Å². The molecule has 1 atom stereocenters. The molecule has 1 amide bonds. The van der Waals surface area contributed by atoms with E-state index in [4.69, 9.17) is 32.9 Å². The maximum Gasteiger partial charge on any atom is 0.433 e. The van der Waals surface area contributed by atoms with Gasteiger partial charge in [0.1, 0.15) is 16.9 Å². The number of ether oxygens (including phenoxy) is 1. The Morgan fingerprint density at radius 1 is 0.893 bits per heavy atom. The van der Waals surface area contributed by atoms with E-state index in [0.29, 0.717) is 39.4 Å². The molecular formula is C40H42Cl2F3N7O4. The molecule has 2 fully saturated rings. The summed E-state index contributed by atoms with van der Waals surface area (Å²) in [6, 6.07) is 13.0. The van der Waals surface area contributed by atoms with Crippen molar-refractivity contribution >= 4 is 51.5 Å². The van der Waals surface area contributed by atoms with Crippen LogP contribution < -0.4 is 31.9 Å². The van der Waals surface area contributed by atoms with Gasteiger partial charge in [-0.3, -0.25) is 18.7 Å². The monoisotopic (exact) mass is 811 g/mol. The van der Waals surface area contributed by atoms with E-state index in [-0.39, 0.29) is 33.1 Å². The summed E-state index contributed by atoms with van der Waals surface area (Å²) in [4.78, 5) is 44.9. The highest BCUT2D eigenvalue weighted by molar-refractivity contribution is 6.39. The number of hydrogen-bond donors (Lipinski definition) is 3. The number of nitrogens with zero attached hydrogens (tertiary/aromatic N) is 4. The molecular weight excluding hydrogens is 770 g/mol. The first-order valence-electron chi connectivity index (χ1n) is 18.3. The van der Waals surface area contributed by atoms with Crippen molar-refractivity contribution in [3.63, 3.8) is 0 Å². The van der Waals surface area contributed by atoms with Crippen molar-refractivity contribution in [2.75, 3.05) is 25.5 Å². The van der Waals surface area contributed by atoms with Gasteiger partial charge in [-0.15, -0.1) is 0 Å². The summed E-state index contributed by atoms with van der Waals surface area (Å²) in [6.07, 6.45) is 0.828. The van der Waals surface area contributed by atoms with E-state index in [0.717, 1.165) is 71.9 Å². The van der Waals surface area contributed by atoms with E-state index in [9.17, 15) is 27.6 Å². The first kappa shape index (κ1) is 40.7. The number of amides is 1. The second-order valence-electron chi connectivity index (χ2n) is 13.7. The second-order valence-corrected chi connectivity index (χ2v) is 14.4. The molecule has 3 aromatic heterocycles. The maximum atomic E-state index is 13.8. The van der Waals surface area contributed by atoms with Crippen molar-refractivity contribution in [3.05, 3.63) is 96.2 Å². The average Bonchev–Trinajstić information content (AvgIpc) is 3.95. The Morgan fingerprint density at radius 2 is 1.59 bits per heavy atom. The van der Waals surface area contributed by atoms with Crippen molar-refractivity contribution < 1.29 is 22.7 Å². The van der Waals surface area contributed by atoms with Gasteiger partial charge < -0.3 is 20.7 Å². The summed E-state index contributed by atoms with van der Waals surface area (Å²) in [5, 5.41) is 9.39. The van der Waals surface area contributed by atoms with E-state index in [1.54, 1.807) is 31.4 Å². The van der Waals surface area contributed by atoms with Gasteiger partial charge in [-0.25, -0.2) is 14.8 Å². The highest BCUT2D eigenvalue weighted by Gasteiger charge is 2.39. The Hall–Kier alpha value is -4.92. The molecule has 5 aromatic rings. The Kier molecular flexibility index (Phi) is 11.8. The number of nitrogens with one attached hydrogen (secondary N) is 3. The average molecular weight is 813 g/mol. The van der Waals surface area contributed by atoms with Gasteiger partial charge in [0.15, 0.2) is 0 Å². The highest BCUT2D eigenvalue weighted by atomic mass is 35.5. The van der Waals surface area contributed by atoms with Crippen molar-refractivity contribution in [2.24, 2.45) is 14.1 Å². The molecule has 1 spiro atoms. The molecule has 3 N–H and O–H groups in total. The number of halogens is 5. The number of carbonyl (C=O) groups is 1. The predicted molar refractivity (Wildman–Crippen MR) is 213 cm³/mol. The number of pyridine rings is 2. The number of fused-ring (bicyclic) bond motifs is 2. The highest BCUT2D eigenvalue weighted by Crippen LogP contribution is 2.43. The minimum Gasteiger partial charge on any atom is -0.481 e. The van der Waals surface area contributed by atoms with Gasteiger partial charge in [0.2, 0.25) is 11.8 Å². The third kappa shape index (κ3) is 7.74. The third-order valence-electron chi connectivity index (χ3n) is 10.3. The fourth-order valence-corrected chi connectivity index (χ4v) is 8.02. The van der Waals surface area contributed by atoms with Gasteiger partial charge in [0, 0.05) is 49.3 Å². The van der Waals surface area contributed by atoms with E-state index in [1.807, 2.05) is 26.0 Å². The van der Waals surface area contributed by atoms with Crippen LogP contribution in [0.4, 0.5) is 24.7 Å². The Labute approximate surface area is 331 Å². The standard InChI is InChI=1S/C31H24Cl2F3N5O3.C7H12N2O.C2H6/c1-40-22-14-23(31(34,35)36)39-27(24(22)29(42)41(2)30(40)43)37-20-12-6-10-18(26(20)33)17-9-5-11-19(25(17)32)21-13-15-7-4-8-16(15)28(38-21)44-3;10-6-1-2-7(9-6)3-4-8-5-7;1-2/h5-6,9-14H,4,7-8H2,1-3H3,(H,37,39);8H,1-5H2,(H,9,10);1-2H3. The Bertz CT molecular complexity index is 2440. The molecule has 0 saturated carbocycles. The first-order chi connectivity index (χ1) is 26.7. The van der Waals surface area contributed by atoms with Gasteiger partial charge in [0.25, 0.3) is 5.56 Å². The smallest absolute Gasteiger partial charge is 0.433 e. The zero-order chi connectivity index (χ0) is 40.5. The summed E-state index contributed by atoms with van der Waals surface area (Å²) < 4.78 is 48.8. The van der Waals surface area contributed by atoms with Crippen molar-refractivity contribution in [1.29, 1.82) is 0 Å². The van der Waals surface area contributed by atoms with Crippen LogP contribution in [0.5, 0.6) is 5.88 Å². The molecule has 1 aliphatic carbocycles. The molecule has 5 heterocycles. The van der Waals surface area contributed by atoms with Crippen LogP contribution >= 0.6 is 23.2 Å².